The molecule has 1 amide bonds. The molecule has 1 N–H and O–H groups in total. The Morgan fingerprint density at radius 3 is 2.50 bits per heavy atom. The zero-order valence-electron chi connectivity index (χ0n) is 12.1. The van der Waals surface area contributed by atoms with Gasteiger partial charge in [-0.05, 0) is 41.1 Å². The minimum absolute atomic E-state index is 0.0956. The molecule has 0 saturated carbocycles. The van der Waals surface area contributed by atoms with Crippen LogP contribution in [0.2, 0.25) is 0 Å². The largest absolute Gasteiger partial charge is 0.418 e. The summed E-state index contributed by atoms with van der Waals surface area (Å²) >= 11 is 2.80. The monoisotopic (exact) mass is 408 g/mol. The molecular formula is C15H10BrF5N2O. The molecule has 24 heavy (non-hydrogen) atoms. The van der Waals surface area contributed by atoms with Gasteiger partial charge in [0.05, 0.1) is 28.3 Å². The smallest absolute Gasteiger partial charge is 0.324 e. The molecule has 0 unspecified atom stereocenters. The normalized spacial score (nSPS) is 11.5. The van der Waals surface area contributed by atoms with Gasteiger partial charge in [0.2, 0.25) is 5.91 Å². The van der Waals surface area contributed by atoms with E-state index in [1.165, 1.54) is 6.92 Å². The molecule has 0 aliphatic rings. The molecule has 0 spiro atoms. The van der Waals surface area contributed by atoms with Gasteiger partial charge >= 0.3 is 6.18 Å². The van der Waals surface area contributed by atoms with Crippen LogP contribution in [0.5, 0.6) is 0 Å². The Bertz CT molecular complexity index is 792. The zero-order valence-corrected chi connectivity index (χ0v) is 13.7. The van der Waals surface area contributed by atoms with Gasteiger partial charge in [-0.15, -0.1) is 0 Å². The van der Waals surface area contributed by atoms with Gasteiger partial charge in [-0.1, -0.05) is 0 Å². The van der Waals surface area contributed by atoms with Crippen molar-refractivity contribution in [1.82, 2.24) is 4.98 Å². The Hall–Kier alpha value is -2.03. The number of amides is 1. The van der Waals surface area contributed by atoms with E-state index in [4.69, 9.17) is 0 Å². The molecule has 0 radical (unpaired) electrons. The second kappa shape index (κ2) is 6.84. The molecule has 1 aromatic heterocycles. The summed E-state index contributed by atoms with van der Waals surface area (Å²) in [4.78, 5) is 15.4. The van der Waals surface area contributed by atoms with E-state index in [0.29, 0.717) is 0 Å². The summed E-state index contributed by atoms with van der Waals surface area (Å²) in [6.07, 6.45) is -4.09. The van der Waals surface area contributed by atoms with E-state index < -0.39 is 35.7 Å². The van der Waals surface area contributed by atoms with Crippen LogP contribution in [0.15, 0.2) is 28.9 Å². The van der Waals surface area contributed by atoms with Gasteiger partial charge < -0.3 is 5.32 Å². The van der Waals surface area contributed by atoms with Crippen LogP contribution in [0.25, 0.3) is 0 Å². The highest BCUT2D eigenvalue weighted by atomic mass is 79.9. The maximum Gasteiger partial charge on any atom is 0.418 e. The lowest BCUT2D eigenvalue weighted by molar-refractivity contribution is -0.138. The van der Waals surface area contributed by atoms with E-state index in [9.17, 15) is 26.7 Å². The van der Waals surface area contributed by atoms with Gasteiger partial charge in [-0.2, -0.15) is 13.2 Å². The van der Waals surface area contributed by atoms with Crippen molar-refractivity contribution in [2.24, 2.45) is 0 Å². The Morgan fingerprint density at radius 1 is 1.21 bits per heavy atom. The van der Waals surface area contributed by atoms with Crippen molar-refractivity contribution in [3.05, 3.63) is 57.3 Å². The first-order valence-electron chi connectivity index (χ1n) is 6.55. The number of rotatable bonds is 3. The van der Waals surface area contributed by atoms with Crippen molar-refractivity contribution in [3.8, 4) is 0 Å². The summed E-state index contributed by atoms with van der Waals surface area (Å²) in [6, 6.07) is 2.44. The van der Waals surface area contributed by atoms with Gasteiger partial charge in [-0.25, -0.2) is 8.78 Å². The summed E-state index contributed by atoms with van der Waals surface area (Å²) in [6.45, 7) is 1.19. The third-order valence-electron chi connectivity index (χ3n) is 3.12. The first-order valence-corrected chi connectivity index (χ1v) is 7.34. The van der Waals surface area contributed by atoms with Crippen LogP contribution in [-0.2, 0) is 17.4 Å². The van der Waals surface area contributed by atoms with Crippen LogP contribution in [-0.4, -0.2) is 10.9 Å². The summed E-state index contributed by atoms with van der Waals surface area (Å²) in [5.74, 6) is -2.36. The number of carbonyl (C=O) groups excluding carboxylic acids is 1. The maximum atomic E-state index is 13.7. The Labute approximate surface area is 142 Å². The highest BCUT2D eigenvalue weighted by Crippen LogP contribution is 2.32. The molecule has 0 fully saturated rings. The molecule has 2 aromatic rings. The molecule has 0 atom stereocenters. The summed E-state index contributed by atoms with van der Waals surface area (Å²) in [7, 11) is 0. The fourth-order valence-electron chi connectivity index (χ4n) is 1.97. The Kier molecular flexibility index (Phi) is 5.22. The number of anilines is 1. The minimum atomic E-state index is -4.61. The lowest BCUT2D eigenvalue weighted by atomic mass is 10.1. The highest BCUT2D eigenvalue weighted by molar-refractivity contribution is 9.10. The number of alkyl halides is 3. The molecule has 2 rings (SSSR count). The number of nitrogens with one attached hydrogen (secondary N) is 1. The number of benzene rings is 1. The third kappa shape index (κ3) is 4.28. The number of carbonyl (C=O) groups is 1. The zero-order chi connectivity index (χ0) is 18.1. The maximum absolute atomic E-state index is 13.7. The summed E-state index contributed by atoms with van der Waals surface area (Å²) in [5, 5.41) is 2.19. The van der Waals surface area contributed by atoms with E-state index in [-0.39, 0.29) is 21.4 Å². The highest BCUT2D eigenvalue weighted by Gasteiger charge is 2.33. The number of hydrogen-bond donors (Lipinski definition) is 1. The van der Waals surface area contributed by atoms with Crippen molar-refractivity contribution in [1.29, 1.82) is 0 Å². The average Bonchev–Trinajstić information content (AvgIpc) is 2.45. The lowest BCUT2D eigenvalue weighted by Crippen LogP contribution is -2.17. The second-order valence-electron chi connectivity index (χ2n) is 4.94. The molecule has 0 aliphatic carbocycles. The predicted octanol–water partition coefficient (Wildman–Crippen LogP) is 4.63. The molecule has 1 aromatic carbocycles. The molecule has 0 aliphatic heterocycles. The molecule has 1 heterocycles. The van der Waals surface area contributed by atoms with Gasteiger partial charge in [0.15, 0.2) is 0 Å². The van der Waals surface area contributed by atoms with Crippen molar-refractivity contribution >= 4 is 27.5 Å². The van der Waals surface area contributed by atoms with Crippen LogP contribution >= 0.6 is 15.9 Å². The van der Waals surface area contributed by atoms with E-state index >= 15 is 0 Å². The topological polar surface area (TPSA) is 42.0 Å². The average molecular weight is 409 g/mol. The van der Waals surface area contributed by atoms with Crippen LogP contribution in [0, 0.1) is 18.6 Å². The van der Waals surface area contributed by atoms with E-state index in [0.717, 1.165) is 24.4 Å². The van der Waals surface area contributed by atoms with Gasteiger partial charge in [-0.3, -0.25) is 9.78 Å². The van der Waals surface area contributed by atoms with Crippen LogP contribution in [0.4, 0.5) is 27.6 Å². The number of halogens is 6. The molecular weight excluding hydrogens is 399 g/mol. The van der Waals surface area contributed by atoms with E-state index in [1.807, 2.05) is 0 Å². The minimum Gasteiger partial charge on any atom is -0.324 e. The first kappa shape index (κ1) is 18.3. The summed E-state index contributed by atoms with van der Waals surface area (Å²) < 4.78 is 65.4. The fourth-order valence-corrected chi connectivity index (χ4v) is 2.28. The van der Waals surface area contributed by atoms with Crippen molar-refractivity contribution in [2.45, 2.75) is 19.5 Å². The van der Waals surface area contributed by atoms with E-state index in [1.54, 1.807) is 0 Å². The third-order valence-corrected chi connectivity index (χ3v) is 3.72. The first-order chi connectivity index (χ1) is 11.1. The van der Waals surface area contributed by atoms with Gasteiger partial charge in [0, 0.05) is 11.3 Å². The molecule has 0 bridgehead atoms. The van der Waals surface area contributed by atoms with Crippen LogP contribution in [0.1, 0.15) is 16.8 Å². The Morgan fingerprint density at radius 2 is 1.88 bits per heavy atom. The number of aromatic nitrogens is 1. The number of aryl methyl sites for hydroxylation is 1. The summed E-state index contributed by atoms with van der Waals surface area (Å²) in [5.41, 5.74) is -1.62. The van der Waals surface area contributed by atoms with Crippen molar-refractivity contribution < 1.29 is 26.7 Å². The van der Waals surface area contributed by atoms with Crippen LogP contribution < -0.4 is 5.32 Å². The number of pyridine rings is 1. The second-order valence-corrected chi connectivity index (χ2v) is 5.79. The molecule has 3 nitrogen and oxygen atoms in total. The molecule has 0 saturated heterocycles. The molecule has 128 valence electrons. The molecule has 9 heteroatoms. The fraction of sp³-hybridized carbons (Fsp3) is 0.200. The quantitative estimate of drug-likeness (QED) is 0.594. The standard InChI is InChI=1S/C15H10BrF5N2O/c1-7-10(15(19,20)21)4-9(6-22-7)23-14(24)3-8-2-13(18)11(16)5-12(8)17/h2,4-6H,3H2,1H3,(H,23,24). The van der Waals surface area contributed by atoms with Crippen molar-refractivity contribution in [2.75, 3.05) is 5.32 Å². The SMILES string of the molecule is Cc1ncc(NC(=O)Cc2cc(F)c(Br)cc2F)cc1C(F)(F)F. The predicted molar refractivity (Wildman–Crippen MR) is 80.4 cm³/mol. The Balaban J connectivity index is 2.18. The van der Waals surface area contributed by atoms with Gasteiger partial charge in [0.1, 0.15) is 11.6 Å². The number of nitrogens with zero attached hydrogens (tertiary/aromatic N) is 1. The number of hydrogen-bond acceptors (Lipinski definition) is 2. The van der Waals surface area contributed by atoms with E-state index in [2.05, 4.69) is 26.2 Å². The van der Waals surface area contributed by atoms with Crippen LogP contribution in [0.3, 0.4) is 0 Å². The lowest BCUT2D eigenvalue weighted by Gasteiger charge is -2.12. The van der Waals surface area contributed by atoms with Gasteiger partial charge in [0.25, 0.3) is 0 Å². The van der Waals surface area contributed by atoms with Crippen molar-refractivity contribution in [3.63, 3.8) is 0 Å².